The van der Waals surface area contributed by atoms with Crippen molar-refractivity contribution < 1.29 is 18.7 Å². The SMILES string of the molecule is CC1CN(C(=O)Cn2c(=O)/c(=C\c3ccnn3-c3ccc(F)cc3)s/c2=C\C(=O)c2ccc(C(C)(C)C)cc2)CC(C)O1. The van der Waals surface area contributed by atoms with E-state index < -0.39 is 0 Å². The zero-order chi connectivity index (χ0) is 30.9. The van der Waals surface area contributed by atoms with Crippen molar-refractivity contribution in [3.63, 3.8) is 0 Å². The smallest absolute Gasteiger partial charge is 0.269 e. The van der Waals surface area contributed by atoms with Crippen LogP contribution < -0.4 is 14.8 Å². The molecular weight excluding hydrogens is 567 g/mol. The van der Waals surface area contributed by atoms with Gasteiger partial charge in [0.25, 0.3) is 5.56 Å². The monoisotopic (exact) mass is 602 g/mol. The fraction of sp³-hybridized carbons (Fsp3) is 0.333. The summed E-state index contributed by atoms with van der Waals surface area (Å²) in [6.07, 6.45) is 4.44. The first-order chi connectivity index (χ1) is 20.4. The molecule has 2 unspecified atom stereocenters. The molecule has 0 N–H and O–H groups in total. The molecule has 1 aliphatic rings. The number of benzene rings is 2. The van der Waals surface area contributed by atoms with Crippen molar-refractivity contribution in [1.29, 1.82) is 0 Å². The third kappa shape index (κ3) is 6.92. The summed E-state index contributed by atoms with van der Waals surface area (Å²) in [5, 5.41) is 4.33. The topological polar surface area (TPSA) is 86.4 Å². The molecule has 43 heavy (non-hydrogen) atoms. The van der Waals surface area contributed by atoms with E-state index in [2.05, 4.69) is 25.9 Å². The minimum absolute atomic E-state index is 0.0560. The Kier molecular flexibility index (Phi) is 8.62. The standard InChI is InChI=1S/C33H35FN4O4S/c1-21-18-36(19-22(2)42-21)30(40)20-37-31(17-28(39)23-6-8-24(9-7-23)33(3,4)5)43-29(32(37)41)16-27-14-15-35-38(27)26-12-10-25(34)11-13-26/h6-17,21-22H,18-20H2,1-5H3/b29-16+,31-17-. The van der Waals surface area contributed by atoms with Gasteiger partial charge in [0, 0.05) is 24.7 Å². The summed E-state index contributed by atoms with van der Waals surface area (Å²) in [4.78, 5) is 42.2. The number of hydrogen-bond donors (Lipinski definition) is 0. The number of carbonyl (C=O) groups excluding carboxylic acids is 2. The molecule has 1 aliphatic heterocycles. The lowest BCUT2D eigenvalue weighted by Crippen LogP contribution is -2.50. The van der Waals surface area contributed by atoms with Crippen LogP contribution in [-0.4, -0.2) is 56.2 Å². The van der Waals surface area contributed by atoms with E-state index in [1.165, 1.54) is 22.8 Å². The fourth-order valence-corrected chi connectivity index (χ4v) is 6.12. The second-order valence-corrected chi connectivity index (χ2v) is 12.9. The third-order valence-corrected chi connectivity index (χ3v) is 8.37. The Morgan fingerprint density at radius 3 is 2.30 bits per heavy atom. The Hall–Kier alpha value is -4.15. The maximum Gasteiger partial charge on any atom is 0.269 e. The number of amides is 1. The first-order valence-electron chi connectivity index (χ1n) is 14.2. The second kappa shape index (κ2) is 12.2. The van der Waals surface area contributed by atoms with Gasteiger partial charge in [0.15, 0.2) is 5.78 Å². The van der Waals surface area contributed by atoms with Gasteiger partial charge in [0.2, 0.25) is 5.91 Å². The van der Waals surface area contributed by atoms with E-state index in [-0.39, 0.29) is 47.2 Å². The summed E-state index contributed by atoms with van der Waals surface area (Å²) in [6.45, 7) is 10.8. The lowest BCUT2D eigenvalue weighted by Gasteiger charge is -2.35. The number of thiazole rings is 1. The van der Waals surface area contributed by atoms with Gasteiger partial charge in [0.05, 0.1) is 34.3 Å². The summed E-state index contributed by atoms with van der Waals surface area (Å²) in [5.41, 5.74) is 2.37. The normalized spacial score (nSPS) is 18.3. The van der Waals surface area contributed by atoms with Gasteiger partial charge in [-0.2, -0.15) is 5.10 Å². The van der Waals surface area contributed by atoms with Crippen molar-refractivity contribution in [2.45, 2.75) is 58.8 Å². The molecule has 0 saturated carbocycles. The molecule has 1 fully saturated rings. The Bertz CT molecular complexity index is 1800. The molecule has 2 aromatic carbocycles. The summed E-state index contributed by atoms with van der Waals surface area (Å²) in [7, 11) is 0. The second-order valence-electron chi connectivity index (χ2n) is 11.9. The van der Waals surface area contributed by atoms with Gasteiger partial charge >= 0.3 is 0 Å². The van der Waals surface area contributed by atoms with E-state index in [1.807, 2.05) is 26.0 Å². The molecule has 224 valence electrons. The Morgan fingerprint density at radius 1 is 1.02 bits per heavy atom. The zero-order valence-corrected chi connectivity index (χ0v) is 25.7. The largest absolute Gasteiger partial charge is 0.372 e. The van der Waals surface area contributed by atoms with Crippen LogP contribution >= 0.6 is 11.3 Å². The van der Waals surface area contributed by atoms with E-state index in [0.29, 0.717) is 39.2 Å². The molecule has 1 amide bonds. The van der Waals surface area contributed by atoms with Crippen LogP contribution in [0.5, 0.6) is 0 Å². The molecule has 0 bridgehead atoms. The van der Waals surface area contributed by atoms with Crippen molar-refractivity contribution in [1.82, 2.24) is 19.2 Å². The molecule has 3 heterocycles. The minimum atomic E-state index is -0.387. The number of ether oxygens (including phenoxy) is 1. The predicted molar refractivity (Wildman–Crippen MR) is 165 cm³/mol. The van der Waals surface area contributed by atoms with E-state index in [1.54, 1.807) is 52.2 Å². The molecule has 0 aliphatic carbocycles. The van der Waals surface area contributed by atoms with Crippen molar-refractivity contribution >= 4 is 35.2 Å². The average molecular weight is 603 g/mol. The highest BCUT2D eigenvalue weighted by molar-refractivity contribution is 7.07. The van der Waals surface area contributed by atoms with Crippen LogP contribution in [0, 0.1) is 5.82 Å². The molecule has 0 spiro atoms. The first kappa shape index (κ1) is 30.3. The number of carbonyl (C=O) groups is 2. The number of aromatic nitrogens is 3. The van der Waals surface area contributed by atoms with Crippen LogP contribution in [0.3, 0.4) is 0 Å². The van der Waals surface area contributed by atoms with Crippen LogP contribution in [0.1, 0.15) is 56.2 Å². The third-order valence-electron chi connectivity index (χ3n) is 7.31. The molecule has 5 rings (SSSR count). The van der Waals surface area contributed by atoms with E-state index >= 15 is 0 Å². The lowest BCUT2D eigenvalue weighted by atomic mass is 9.86. The Labute approximate surface area is 253 Å². The van der Waals surface area contributed by atoms with Crippen molar-refractivity contribution in [3.05, 3.63) is 103 Å². The summed E-state index contributed by atoms with van der Waals surface area (Å²) in [5.74, 6) is -0.852. The summed E-state index contributed by atoms with van der Waals surface area (Å²) >= 11 is 1.13. The maximum atomic E-state index is 13.8. The minimum Gasteiger partial charge on any atom is -0.372 e. The fourth-order valence-electron chi connectivity index (χ4n) is 5.09. The number of hydrogen-bond acceptors (Lipinski definition) is 6. The molecular formula is C33H35FN4O4S. The average Bonchev–Trinajstić information content (AvgIpc) is 3.52. The highest BCUT2D eigenvalue weighted by Crippen LogP contribution is 2.22. The van der Waals surface area contributed by atoms with E-state index in [0.717, 1.165) is 16.9 Å². The van der Waals surface area contributed by atoms with Gasteiger partial charge < -0.3 is 9.64 Å². The van der Waals surface area contributed by atoms with Gasteiger partial charge in [-0.15, -0.1) is 11.3 Å². The van der Waals surface area contributed by atoms with Crippen molar-refractivity contribution in [3.8, 4) is 5.69 Å². The predicted octanol–water partition coefficient (Wildman–Crippen LogP) is 3.66. The van der Waals surface area contributed by atoms with Crippen molar-refractivity contribution in [2.24, 2.45) is 0 Å². The van der Waals surface area contributed by atoms with E-state index in [4.69, 9.17) is 4.74 Å². The number of Topliss-reactive ketones (excluding diaryl/α,β-unsaturated/α-hetero) is 1. The van der Waals surface area contributed by atoms with Crippen LogP contribution in [-0.2, 0) is 21.5 Å². The summed E-state index contributed by atoms with van der Waals surface area (Å²) < 4.78 is 22.9. The number of nitrogens with zero attached hydrogens (tertiary/aromatic N) is 4. The zero-order valence-electron chi connectivity index (χ0n) is 24.9. The quantitative estimate of drug-likeness (QED) is 0.315. The van der Waals surface area contributed by atoms with Gasteiger partial charge in [-0.3, -0.25) is 19.0 Å². The highest BCUT2D eigenvalue weighted by Gasteiger charge is 2.26. The molecule has 0 radical (unpaired) electrons. The molecule has 2 aromatic heterocycles. The van der Waals surface area contributed by atoms with Gasteiger partial charge in [-0.1, -0.05) is 45.0 Å². The molecule has 1 saturated heterocycles. The van der Waals surface area contributed by atoms with Crippen LogP contribution in [0.2, 0.25) is 0 Å². The molecule has 4 aromatic rings. The first-order valence-corrected chi connectivity index (χ1v) is 15.0. The number of morpholine rings is 1. The maximum absolute atomic E-state index is 13.8. The number of halogens is 1. The summed E-state index contributed by atoms with van der Waals surface area (Å²) in [6, 6.07) is 15.0. The van der Waals surface area contributed by atoms with Gasteiger partial charge in [-0.25, -0.2) is 9.07 Å². The van der Waals surface area contributed by atoms with Crippen LogP contribution in [0.25, 0.3) is 17.8 Å². The van der Waals surface area contributed by atoms with Gasteiger partial charge in [-0.05, 0) is 61.2 Å². The van der Waals surface area contributed by atoms with Crippen molar-refractivity contribution in [2.75, 3.05) is 13.1 Å². The molecule has 2 atom stereocenters. The molecule has 10 heteroatoms. The Balaban J connectivity index is 1.57. The lowest BCUT2D eigenvalue weighted by molar-refractivity contribution is -0.143. The number of rotatable bonds is 6. The Morgan fingerprint density at radius 2 is 1.67 bits per heavy atom. The van der Waals surface area contributed by atoms with Crippen LogP contribution in [0.15, 0.2) is 65.6 Å². The van der Waals surface area contributed by atoms with E-state index in [9.17, 15) is 18.8 Å². The number of ketones is 1. The van der Waals surface area contributed by atoms with Crippen LogP contribution in [0.4, 0.5) is 4.39 Å². The highest BCUT2D eigenvalue weighted by atomic mass is 32.1. The molecule has 8 nitrogen and oxygen atoms in total. The van der Waals surface area contributed by atoms with Gasteiger partial charge in [0.1, 0.15) is 17.0 Å².